The van der Waals surface area contributed by atoms with Crippen molar-refractivity contribution in [3.05, 3.63) is 50.8 Å². The lowest BCUT2D eigenvalue weighted by Crippen LogP contribution is -2.10. The highest BCUT2D eigenvalue weighted by Gasteiger charge is 2.20. The van der Waals surface area contributed by atoms with Crippen molar-refractivity contribution in [2.24, 2.45) is 0 Å². The molecule has 0 atom stereocenters. The number of hydrogen-bond acceptors (Lipinski definition) is 9. The zero-order chi connectivity index (χ0) is 18.4. The largest absolute Gasteiger partial charge is 0.495 e. The average molecular weight is 354 g/mol. The van der Waals surface area contributed by atoms with Crippen LogP contribution in [-0.4, -0.2) is 30.4 Å². The van der Waals surface area contributed by atoms with E-state index >= 15 is 0 Å². The third-order valence-corrected chi connectivity index (χ3v) is 3.90. The summed E-state index contributed by atoms with van der Waals surface area (Å²) in [5, 5.41) is 8.66. The predicted octanol–water partition coefficient (Wildman–Crippen LogP) is 1.64. The molecule has 9 nitrogen and oxygen atoms in total. The molecule has 1 aromatic carbocycles. The molecule has 3 aromatic heterocycles. The Labute approximate surface area is 143 Å². The molecule has 4 aromatic rings. The van der Waals surface area contributed by atoms with Gasteiger partial charge in [0.2, 0.25) is 0 Å². The summed E-state index contributed by atoms with van der Waals surface area (Å²) >= 11 is 0. The molecular formula is C17H10N2O7. The van der Waals surface area contributed by atoms with Gasteiger partial charge in [-0.3, -0.25) is 0 Å². The van der Waals surface area contributed by atoms with Crippen LogP contribution in [0.1, 0.15) is 10.5 Å². The summed E-state index contributed by atoms with van der Waals surface area (Å²) in [5.41, 5.74) is -1.14. The summed E-state index contributed by atoms with van der Waals surface area (Å²) in [6, 6.07) is 5.57. The molecule has 0 fully saturated rings. The monoisotopic (exact) mass is 354 g/mol. The third-order valence-electron chi connectivity index (χ3n) is 3.90. The number of ether oxygens (including phenoxy) is 2. The Kier molecular flexibility index (Phi) is 3.43. The minimum atomic E-state index is -0.754. The van der Waals surface area contributed by atoms with Crippen LogP contribution in [-0.2, 0) is 4.74 Å². The molecule has 0 unspecified atom stereocenters. The maximum Gasteiger partial charge on any atom is 0.364 e. The summed E-state index contributed by atoms with van der Waals surface area (Å²) in [6.07, 6.45) is 0. The van der Waals surface area contributed by atoms with Crippen LogP contribution >= 0.6 is 0 Å². The molecule has 3 heterocycles. The minimum Gasteiger partial charge on any atom is -0.495 e. The Hall–Kier alpha value is -3.75. The summed E-state index contributed by atoms with van der Waals surface area (Å²) in [7, 11) is 2.63. The second-order valence-electron chi connectivity index (χ2n) is 5.32. The zero-order valence-corrected chi connectivity index (χ0v) is 13.6. The van der Waals surface area contributed by atoms with Crippen molar-refractivity contribution in [1.29, 1.82) is 0 Å². The first-order valence-electron chi connectivity index (χ1n) is 7.37. The molecule has 0 radical (unpaired) electrons. The standard InChI is InChI=1S/C17H10N2O7/c1-23-15-7-3-4-12(20)25-10(7)6-11-13(15)8-5-9(16(21)24-2)18-19-14(8)17(22)26-11/h3-6H,1-2H3. The normalized spacial score (nSPS) is 11.2. The summed E-state index contributed by atoms with van der Waals surface area (Å²) < 4.78 is 20.5. The van der Waals surface area contributed by atoms with E-state index in [4.69, 9.17) is 13.6 Å². The molecule has 0 spiro atoms. The molecular weight excluding hydrogens is 344 g/mol. The minimum absolute atomic E-state index is 0.0693. The van der Waals surface area contributed by atoms with Crippen LogP contribution in [0.2, 0.25) is 0 Å². The number of carbonyl (C=O) groups excluding carboxylic acids is 1. The molecule has 130 valence electrons. The molecule has 0 aliphatic rings. The van der Waals surface area contributed by atoms with Gasteiger partial charge >= 0.3 is 17.2 Å². The molecule has 0 saturated heterocycles. The van der Waals surface area contributed by atoms with E-state index in [1.165, 1.54) is 38.5 Å². The van der Waals surface area contributed by atoms with Crippen molar-refractivity contribution >= 4 is 38.8 Å². The van der Waals surface area contributed by atoms with E-state index in [9.17, 15) is 14.4 Å². The first-order chi connectivity index (χ1) is 12.5. The number of hydrogen-bond donors (Lipinski definition) is 0. The Morgan fingerprint density at radius 2 is 1.81 bits per heavy atom. The van der Waals surface area contributed by atoms with Gasteiger partial charge in [0.25, 0.3) is 0 Å². The van der Waals surface area contributed by atoms with Crippen LogP contribution in [0.5, 0.6) is 5.75 Å². The molecule has 0 amide bonds. The third kappa shape index (κ3) is 2.21. The maximum absolute atomic E-state index is 12.2. The van der Waals surface area contributed by atoms with Gasteiger partial charge in [-0.2, -0.15) is 0 Å². The lowest BCUT2D eigenvalue weighted by atomic mass is 10.1. The first-order valence-corrected chi connectivity index (χ1v) is 7.37. The van der Waals surface area contributed by atoms with Crippen LogP contribution in [0, 0.1) is 0 Å². The molecule has 4 rings (SSSR count). The van der Waals surface area contributed by atoms with E-state index in [2.05, 4.69) is 14.9 Å². The Balaban J connectivity index is 2.26. The van der Waals surface area contributed by atoms with Gasteiger partial charge in [0, 0.05) is 17.5 Å². The molecule has 0 N–H and O–H groups in total. The Bertz CT molecular complexity index is 1320. The number of carbonyl (C=O) groups is 1. The van der Waals surface area contributed by atoms with Gasteiger partial charge in [-0.05, 0) is 12.1 Å². The highest BCUT2D eigenvalue weighted by Crippen LogP contribution is 2.37. The summed E-state index contributed by atoms with van der Waals surface area (Å²) in [4.78, 5) is 35.5. The van der Waals surface area contributed by atoms with Crippen LogP contribution in [0.3, 0.4) is 0 Å². The van der Waals surface area contributed by atoms with Crippen LogP contribution in [0.4, 0.5) is 0 Å². The number of methoxy groups -OCH3 is 2. The topological polar surface area (TPSA) is 122 Å². The van der Waals surface area contributed by atoms with Crippen LogP contribution in [0.25, 0.3) is 32.8 Å². The van der Waals surface area contributed by atoms with Crippen molar-refractivity contribution in [1.82, 2.24) is 10.2 Å². The van der Waals surface area contributed by atoms with Crippen molar-refractivity contribution in [2.45, 2.75) is 0 Å². The van der Waals surface area contributed by atoms with Gasteiger partial charge in [0.15, 0.2) is 11.2 Å². The predicted molar refractivity (Wildman–Crippen MR) is 89.5 cm³/mol. The highest BCUT2D eigenvalue weighted by atomic mass is 16.5. The summed E-state index contributed by atoms with van der Waals surface area (Å²) in [6.45, 7) is 0. The number of benzene rings is 1. The molecule has 9 heteroatoms. The maximum atomic E-state index is 12.2. The van der Waals surface area contributed by atoms with Crippen molar-refractivity contribution < 1.29 is 23.1 Å². The van der Waals surface area contributed by atoms with E-state index in [1.54, 1.807) is 0 Å². The van der Waals surface area contributed by atoms with Gasteiger partial charge in [0.1, 0.15) is 16.9 Å². The summed E-state index contributed by atoms with van der Waals surface area (Å²) in [5.74, 6) is -0.398. The van der Waals surface area contributed by atoms with Crippen LogP contribution < -0.4 is 16.0 Å². The molecule has 26 heavy (non-hydrogen) atoms. The number of aromatic nitrogens is 2. The Morgan fingerprint density at radius 3 is 2.54 bits per heavy atom. The molecule has 0 saturated carbocycles. The number of rotatable bonds is 2. The highest BCUT2D eigenvalue weighted by molar-refractivity contribution is 6.13. The first kappa shape index (κ1) is 15.8. The quantitative estimate of drug-likeness (QED) is 0.229. The van der Waals surface area contributed by atoms with E-state index in [-0.39, 0.29) is 22.4 Å². The van der Waals surface area contributed by atoms with Gasteiger partial charge in [-0.1, -0.05) is 0 Å². The number of esters is 1. The van der Waals surface area contributed by atoms with E-state index in [0.717, 1.165) is 0 Å². The number of fused-ring (bicyclic) bond motifs is 4. The SMILES string of the molecule is COC(=O)c1cc2c(nn1)c(=O)oc1cc3oc(=O)ccc3c(OC)c12. The molecule has 0 bridgehead atoms. The van der Waals surface area contributed by atoms with Crippen molar-refractivity contribution in [3.8, 4) is 5.75 Å². The van der Waals surface area contributed by atoms with Gasteiger partial charge in [-0.15, -0.1) is 10.2 Å². The fourth-order valence-corrected chi connectivity index (χ4v) is 2.80. The van der Waals surface area contributed by atoms with E-state index in [1.807, 2.05) is 0 Å². The second kappa shape index (κ2) is 5.66. The fraction of sp³-hybridized carbons (Fsp3) is 0.118. The number of nitrogens with zero attached hydrogens (tertiary/aromatic N) is 2. The average Bonchev–Trinajstić information content (AvgIpc) is 2.65. The lowest BCUT2D eigenvalue weighted by molar-refractivity contribution is 0.0593. The van der Waals surface area contributed by atoms with Crippen molar-refractivity contribution in [2.75, 3.05) is 14.2 Å². The van der Waals surface area contributed by atoms with E-state index in [0.29, 0.717) is 21.9 Å². The van der Waals surface area contributed by atoms with Crippen LogP contribution in [0.15, 0.2) is 42.7 Å². The smallest absolute Gasteiger partial charge is 0.364 e. The molecule has 0 aliphatic heterocycles. The van der Waals surface area contributed by atoms with E-state index < -0.39 is 17.2 Å². The van der Waals surface area contributed by atoms with Gasteiger partial charge in [-0.25, -0.2) is 14.4 Å². The second-order valence-corrected chi connectivity index (χ2v) is 5.32. The lowest BCUT2D eigenvalue weighted by Gasteiger charge is -2.10. The Morgan fingerprint density at radius 1 is 1.00 bits per heavy atom. The molecule has 0 aliphatic carbocycles. The fourth-order valence-electron chi connectivity index (χ4n) is 2.80. The zero-order valence-electron chi connectivity index (χ0n) is 13.6. The van der Waals surface area contributed by atoms with Crippen molar-refractivity contribution in [3.63, 3.8) is 0 Å². The van der Waals surface area contributed by atoms with Gasteiger partial charge < -0.3 is 18.3 Å². The van der Waals surface area contributed by atoms with Gasteiger partial charge in [0.05, 0.1) is 25.0 Å².